The molecular formula is C7H6NO3. The Morgan fingerprint density at radius 2 is 2.55 bits per heavy atom. The van der Waals surface area contributed by atoms with Crippen molar-refractivity contribution in [3.8, 4) is 0 Å². The lowest BCUT2D eigenvalue weighted by Gasteiger charge is -1.95. The fourth-order valence-corrected chi connectivity index (χ4v) is 0.630. The van der Waals surface area contributed by atoms with Gasteiger partial charge in [-0.2, -0.15) is 0 Å². The molecule has 0 atom stereocenters. The van der Waals surface area contributed by atoms with Gasteiger partial charge in [-0.3, -0.25) is 4.79 Å². The van der Waals surface area contributed by atoms with Gasteiger partial charge in [0.1, 0.15) is 5.69 Å². The maximum Gasteiger partial charge on any atom is 0.355 e. The van der Waals surface area contributed by atoms with Crippen molar-refractivity contribution in [1.29, 1.82) is 0 Å². The predicted octanol–water partition coefficient (Wildman–Crippen LogP) is 0.281. The number of hydrogen-bond donors (Lipinski definition) is 1. The molecule has 1 radical (unpaired) electrons. The minimum atomic E-state index is -0.543. The van der Waals surface area contributed by atoms with E-state index in [1.165, 1.54) is 6.29 Å². The number of carbonyl (C=O) groups excluding carboxylic acids is 2. The highest BCUT2D eigenvalue weighted by Crippen LogP contribution is 1.96. The van der Waals surface area contributed by atoms with Crippen LogP contribution in [0.15, 0.2) is 18.3 Å². The second-order valence-corrected chi connectivity index (χ2v) is 1.80. The Bertz CT molecular complexity index is 240. The van der Waals surface area contributed by atoms with Crippen LogP contribution in [-0.2, 0) is 9.53 Å². The molecule has 1 rings (SSSR count). The van der Waals surface area contributed by atoms with E-state index in [-0.39, 0.29) is 6.61 Å². The van der Waals surface area contributed by atoms with Gasteiger partial charge in [0.25, 0.3) is 0 Å². The first-order valence-electron chi connectivity index (χ1n) is 3.00. The summed E-state index contributed by atoms with van der Waals surface area (Å²) >= 11 is 0. The Kier molecular flexibility index (Phi) is 2.43. The van der Waals surface area contributed by atoms with Gasteiger partial charge in [0, 0.05) is 6.20 Å². The minimum absolute atomic E-state index is 0.322. The predicted molar refractivity (Wildman–Crippen MR) is 36.8 cm³/mol. The monoisotopic (exact) mass is 152 g/mol. The third-order valence-electron chi connectivity index (χ3n) is 1.08. The molecule has 0 saturated carbocycles. The SMILES string of the molecule is O=[C]COC(=O)c1ccc[nH]1. The summed E-state index contributed by atoms with van der Waals surface area (Å²) in [6.45, 7) is -0.322. The topological polar surface area (TPSA) is 59.2 Å². The highest BCUT2D eigenvalue weighted by atomic mass is 16.5. The maximum absolute atomic E-state index is 10.8. The fraction of sp³-hybridized carbons (Fsp3) is 0.143. The summed E-state index contributed by atoms with van der Waals surface area (Å²) in [6.07, 6.45) is 3.05. The molecule has 0 amide bonds. The standard InChI is InChI=1S/C7H6NO3/c9-4-5-11-7(10)6-2-1-3-8-6/h1-3,8H,5H2. The van der Waals surface area contributed by atoms with Crippen LogP contribution in [0.25, 0.3) is 0 Å². The van der Waals surface area contributed by atoms with Gasteiger partial charge < -0.3 is 9.72 Å². The van der Waals surface area contributed by atoms with Crippen molar-refractivity contribution < 1.29 is 14.3 Å². The van der Waals surface area contributed by atoms with E-state index < -0.39 is 5.97 Å². The molecule has 0 aromatic carbocycles. The first kappa shape index (κ1) is 7.53. The third kappa shape index (κ3) is 1.93. The number of aromatic nitrogens is 1. The van der Waals surface area contributed by atoms with Gasteiger partial charge in [-0.1, -0.05) is 0 Å². The third-order valence-corrected chi connectivity index (χ3v) is 1.08. The summed E-state index contributed by atoms with van der Waals surface area (Å²) in [5, 5.41) is 0. The summed E-state index contributed by atoms with van der Waals surface area (Å²) < 4.78 is 4.44. The minimum Gasteiger partial charge on any atom is -0.452 e. The van der Waals surface area contributed by atoms with E-state index >= 15 is 0 Å². The molecule has 0 aliphatic carbocycles. The number of esters is 1. The van der Waals surface area contributed by atoms with Crippen LogP contribution in [0.3, 0.4) is 0 Å². The molecule has 0 aliphatic heterocycles. The first-order chi connectivity index (χ1) is 5.34. The second-order valence-electron chi connectivity index (χ2n) is 1.80. The number of hydrogen-bond acceptors (Lipinski definition) is 3. The van der Waals surface area contributed by atoms with Crippen molar-refractivity contribution in [3.63, 3.8) is 0 Å². The molecule has 4 heteroatoms. The number of H-pyrrole nitrogens is 1. The quantitative estimate of drug-likeness (QED) is 0.633. The van der Waals surface area contributed by atoms with E-state index in [4.69, 9.17) is 0 Å². The highest BCUT2D eigenvalue weighted by molar-refractivity contribution is 5.87. The summed E-state index contributed by atoms with van der Waals surface area (Å²) in [7, 11) is 0. The van der Waals surface area contributed by atoms with Crippen molar-refractivity contribution in [2.45, 2.75) is 0 Å². The lowest BCUT2D eigenvalue weighted by Crippen LogP contribution is -2.06. The number of nitrogens with one attached hydrogen (secondary N) is 1. The first-order valence-corrected chi connectivity index (χ1v) is 3.00. The normalized spacial score (nSPS) is 9.09. The summed E-state index contributed by atoms with van der Waals surface area (Å²) in [6, 6.07) is 3.23. The maximum atomic E-state index is 10.8. The molecule has 0 unspecified atom stereocenters. The highest BCUT2D eigenvalue weighted by Gasteiger charge is 2.05. The van der Waals surface area contributed by atoms with Crippen LogP contribution in [0.5, 0.6) is 0 Å². The Labute approximate surface area is 63.2 Å². The molecule has 57 valence electrons. The summed E-state index contributed by atoms with van der Waals surface area (Å²) in [4.78, 5) is 23.1. The Morgan fingerprint density at radius 1 is 1.73 bits per heavy atom. The number of carbonyl (C=O) groups is 1. The molecule has 0 aliphatic rings. The van der Waals surface area contributed by atoms with E-state index in [0.29, 0.717) is 5.69 Å². The molecule has 4 nitrogen and oxygen atoms in total. The molecule has 0 fully saturated rings. The van der Waals surface area contributed by atoms with Gasteiger partial charge in [-0.05, 0) is 12.1 Å². The molecule has 1 N–H and O–H groups in total. The van der Waals surface area contributed by atoms with Crippen molar-refractivity contribution in [3.05, 3.63) is 24.0 Å². The van der Waals surface area contributed by atoms with Crippen molar-refractivity contribution in [2.75, 3.05) is 6.61 Å². The van der Waals surface area contributed by atoms with Crippen LogP contribution in [0.1, 0.15) is 10.5 Å². The van der Waals surface area contributed by atoms with Gasteiger partial charge in [-0.25, -0.2) is 4.79 Å². The molecule has 11 heavy (non-hydrogen) atoms. The van der Waals surface area contributed by atoms with E-state index in [2.05, 4.69) is 9.72 Å². The van der Waals surface area contributed by atoms with Crippen LogP contribution in [0.4, 0.5) is 0 Å². The van der Waals surface area contributed by atoms with Gasteiger partial charge >= 0.3 is 5.97 Å². The zero-order valence-corrected chi connectivity index (χ0v) is 5.66. The zero-order valence-electron chi connectivity index (χ0n) is 5.66. The molecular weight excluding hydrogens is 146 g/mol. The Morgan fingerprint density at radius 3 is 3.09 bits per heavy atom. The Hall–Kier alpha value is -1.58. The zero-order chi connectivity index (χ0) is 8.10. The van der Waals surface area contributed by atoms with E-state index in [9.17, 15) is 9.59 Å². The molecule has 0 saturated heterocycles. The van der Waals surface area contributed by atoms with E-state index in [0.717, 1.165) is 0 Å². The fourth-order valence-electron chi connectivity index (χ4n) is 0.630. The van der Waals surface area contributed by atoms with E-state index in [1.807, 2.05) is 0 Å². The van der Waals surface area contributed by atoms with Crippen molar-refractivity contribution in [1.82, 2.24) is 4.98 Å². The smallest absolute Gasteiger partial charge is 0.355 e. The molecule has 0 bridgehead atoms. The number of aromatic amines is 1. The molecule has 1 aromatic rings. The van der Waals surface area contributed by atoms with Crippen LogP contribution < -0.4 is 0 Å². The van der Waals surface area contributed by atoms with Crippen LogP contribution in [0.2, 0.25) is 0 Å². The van der Waals surface area contributed by atoms with Crippen LogP contribution in [0, 0.1) is 0 Å². The van der Waals surface area contributed by atoms with Crippen molar-refractivity contribution in [2.24, 2.45) is 0 Å². The van der Waals surface area contributed by atoms with Gasteiger partial charge in [0.05, 0.1) is 0 Å². The largest absolute Gasteiger partial charge is 0.452 e. The van der Waals surface area contributed by atoms with E-state index in [1.54, 1.807) is 18.3 Å². The number of ether oxygens (including phenoxy) is 1. The average molecular weight is 152 g/mol. The van der Waals surface area contributed by atoms with Gasteiger partial charge in [-0.15, -0.1) is 0 Å². The lowest BCUT2D eigenvalue weighted by molar-refractivity contribution is 0.0555. The van der Waals surface area contributed by atoms with Gasteiger partial charge in [0.2, 0.25) is 6.29 Å². The molecule has 1 heterocycles. The molecule has 1 aromatic heterocycles. The van der Waals surface area contributed by atoms with Crippen LogP contribution >= 0.6 is 0 Å². The number of rotatable bonds is 3. The van der Waals surface area contributed by atoms with Crippen molar-refractivity contribution >= 4 is 12.3 Å². The Balaban J connectivity index is 2.49. The summed E-state index contributed by atoms with van der Waals surface area (Å²) in [5.41, 5.74) is 0.334. The second kappa shape index (κ2) is 3.55. The lowest BCUT2D eigenvalue weighted by atomic mass is 10.4. The summed E-state index contributed by atoms with van der Waals surface area (Å²) in [5.74, 6) is -0.543. The molecule has 0 spiro atoms. The average Bonchev–Trinajstić information content (AvgIpc) is 2.52. The van der Waals surface area contributed by atoms with Crippen LogP contribution in [-0.4, -0.2) is 23.8 Å². The van der Waals surface area contributed by atoms with Gasteiger partial charge in [0.15, 0.2) is 6.61 Å².